The third kappa shape index (κ3) is 2.19. The molecule has 0 aliphatic carbocycles. The Hall–Kier alpha value is -1.59. The van der Waals surface area contributed by atoms with Gasteiger partial charge in [0.2, 0.25) is 0 Å². The van der Waals surface area contributed by atoms with Gasteiger partial charge >= 0.3 is 5.69 Å². The predicted molar refractivity (Wildman–Crippen MR) is 77.2 cm³/mol. The smallest absolute Gasteiger partial charge is 0.310 e. The highest BCUT2D eigenvalue weighted by Crippen LogP contribution is 2.37. The van der Waals surface area contributed by atoms with E-state index in [2.05, 4.69) is 11.4 Å². The van der Waals surface area contributed by atoms with E-state index in [1.165, 1.54) is 10.4 Å². The molecule has 1 aliphatic heterocycles. The second-order valence-electron chi connectivity index (χ2n) is 4.41. The Kier molecular flexibility index (Phi) is 3.16. The van der Waals surface area contributed by atoms with Crippen LogP contribution in [0.25, 0.3) is 0 Å². The largest absolute Gasteiger partial charge is 0.361 e. The Balaban J connectivity index is 2.00. The first-order valence-electron chi connectivity index (χ1n) is 5.90. The summed E-state index contributed by atoms with van der Waals surface area (Å²) < 4.78 is 0. The number of nitrogens with zero attached hydrogens (tertiary/aromatic N) is 2. The van der Waals surface area contributed by atoms with Gasteiger partial charge in [-0.3, -0.25) is 10.1 Å². The van der Waals surface area contributed by atoms with Gasteiger partial charge in [-0.1, -0.05) is 17.7 Å². The van der Waals surface area contributed by atoms with Gasteiger partial charge in [0, 0.05) is 18.0 Å². The van der Waals surface area contributed by atoms with E-state index in [0.29, 0.717) is 12.2 Å². The maximum Gasteiger partial charge on any atom is 0.310 e. The van der Waals surface area contributed by atoms with Crippen LogP contribution in [-0.4, -0.2) is 11.5 Å². The first-order valence-corrected chi connectivity index (χ1v) is 7.15. The summed E-state index contributed by atoms with van der Waals surface area (Å²) in [5, 5.41) is 13.4. The van der Waals surface area contributed by atoms with E-state index in [-0.39, 0.29) is 10.7 Å². The van der Waals surface area contributed by atoms with Gasteiger partial charge in [0.25, 0.3) is 0 Å². The monoisotopic (exact) mass is 294 g/mol. The molecule has 3 rings (SSSR count). The van der Waals surface area contributed by atoms with E-state index in [4.69, 9.17) is 11.6 Å². The van der Waals surface area contributed by atoms with Crippen LogP contribution in [0.4, 0.5) is 11.4 Å². The molecule has 0 radical (unpaired) electrons. The number of hydrogen-bond acceptors (Lipinski definition) is 4. The Bertz CT molecular complexity index is 641. The van der Waals surface area contributed by atoms with E-state index in [9.17, 15) is 10.1 Å². The highest BCUT2D eigenvalue weighted by atomic mass is 35.5. The number of para-hydroxylation sites is 1. The normalized spacial score (nSPS) is 14.3. The van der Waals surface area contributed by atoms with Crippen molar-refractivity contribution < 1.29 is 4.92 Å². The number of thiophene rings is 1. The van der Waals surface area contributed by atoms with Crippen molar-refractivity contribution in [1.29, 1.82) is 0 Å². The third-order valence-corrected chi connectivity index (χ3v) is 4.62. The van der Waals surface area contributed by atoms with Crippen LogP contribution < -0.4 is 4.90 Å². The van der Waals surface area contributed by atoms with Gasteiger partial charge < -0.3 is 4.90 Å². The van der Waals surface area contributed by atoms with E-state index in [1.807, 2.05) is 4.90 Å². The molecule has 0 N–H and O–H groups in total. The molecule has 2 aromatic rings. The Morgan fingerprint density at radius 2 is 2.21 bits per heavy atom. The SMILES string of the molecule is O=[N+]([O-])c1c(Cl)cccc1N1CCc2sccc2C1. The molecule has 0 atom stereocenters. The van der Waals surface area contributed by atoms with Crippen LogP contribution in [-0.2, 0) is 13.0 Å². The first-order chi connectivity index (χ1) is 9.16. The second kappa shape index (κ2) is 4.83. The van der Waals surface area contributed by atoms with Crippen LogP contribution >= 0.6 is 22.9 Å². The molecule has 0 spiro atoms. The lowest BCUT2D eigenvalue weighted by molar-refractivity contribution is -0.384. The number of fused-ring (bicyclic) bond motifs is 1. The summed E-state index contributed by atoms with van der Waals surface area (Å²) in [4.78, 5) is 14.2. The summed E-state index contributed by atoms with van der Waals surface area (Å²) in [5.74, 6) is 0. The molecule has 0 unspecified atom stereocenters. The molecule has 1 aliphatic rings. The van der Waals surface area contributed by atoms with Crippen LogP contribution in [0.2, 0.25) is 5.02 Å². The molecule has 0 saturated carbocycles. The van der Waals surface area contributed by atoms with Gasteiger partial charge in [0.05, 0.1) is 4.92 Å². The van der Waals surface area contributed by atoms with Crippen molar-refractivity contribution >= 4 is 34.3 Å². The third-order valence-electron chi connectivity index (χ3n) is 3.30. The van der Waals surface area contributed by atoms with Crippen LogP contribution in [0.3, 0.4) is 0 Å². The lowest BCUT2D eigenvalue weighted by Crippen LogP contribution is -2.29. The van der Waals surface area contributed by atoms with Crippen molar-refractivity contribution in [2.75, 3.05) is 11.4 Å². The van der Waals surface area contributed by atoms with Gasteiger partial charge in [-0.25, -0.2) is 0 Å². The predicted octanol–water partition coefficient (Wildman–Crippen LogP) is 3.87. The van der Waals surface area contributed by atoms with Gasteiger partial charge in [-0.05, 0) is 35.6 Å². The fraction of sp³-hybridized carbons (Fsp3) is 0.231. The molecule has 6 heteroatoms. The zero-order chi connectivity index (χ0) is 13.4. The molecule has 4 nitrogen and oxygen atoms in total. The summed E-state index contributed by atoms with van der Waals surface area (Å²) in [6.07, 6.45) is 0.927. The van der Waals surface area contributed by atoms with Crippen molar-refractivity contribution in [3.63, 3.8) is 0 Å². The standard InChI is InChI=1S/C13H11ClN2O2S/c14-10-2-1-3-11(13(10)16(17)18)15-6-4-12-9(8-15)5-7-19-12/h1-3,5,7H,4,6,8H2. The van der Waals surface area contributed by atoms with Crippen molar-refractivity contribution in [3.05, 3.63) is 55.2 Å². The minimum absolute atomic E-state index is 0.00264. The number of rotatable bonds is 2. The zero-order valence-electron chi connectivity index (χ0n) is 10.0. The Morgan fingerprint density at radius 1 is 1.37 bits per heavy atom. The lowest BCUT2D eigenvalue weighted by atomic mass is 10.1. The van der Waals surface area contributed by atoms with Crippen LogP contribution in [0.1, 0.15) is 10.4 Å². The average molecular weight is 295 g/mol. The van der Waals surface area contributed by atoms with Gasteiger partial charge in [-0.15, -0.1) is 11.3 Å². The number of halogens is 1. The zero-order valence-corrected chi connectivity index (χ0v) is 11.6. The van der Waals surface area contributed by atoms with Crippen LogP contribution in [0.15, 0.2) is 29.6 Å². The second-order valence-corrected chi connectivity index (χ2v) is 5.81. The average Bonchev–Trinajstić information content (AvgIpc) is 2.85. The van der Waals surface area contributed by atoms with Crippen molar-refractivity contribution in [2.45, 2.75) is 13.0 Å². The molecule has 19 heavy (non-hydrogen) atoms. The number of nitro benzene ring substituents is 1. The van der Waals surface area contributed by atoms with Crippen molar-refractivity contribution in [3.8, 4) is 0 Å². The summed E-state index contributed by atoms with van der Waals surface area (Å²) in [6, 6.07) is 7.17. The summed E-state index contributed by atoms with van der Waals surface area (Å²) >= 11 is 7.71. The number of benzene rings is 1. The number of anilines is 1. The Morgan fingerprint density at radius 3 is 3.00 bits per heavy atom. The highest BCUT2D eigenvalue weighted by Gasteiger charge is 2.26. The van der Waals surface area contributed by atoms with E-state index < -0.39 is 4.92 Å². The fourth-order valence-electron chi connectivity index (χ4n) is 2.39. The Labute approximate surface area is 119 Å². The number of hydrogen-bond donors (Lipinski definition) is 0. The molecular weight excluding hydrogens is 284 g/mol. The van der Waals surface area contributed by atoms with Crippen molar-refractivity contribution in [2.24, 2.45) is 0 Å². The van der Waals surface area contributed by atoms with Gasteiger partial charge in [0.1, 0.15) is 10.7 Å². The maximum absolute atomic E-state index is 11.2. The van der Waals surface area contributed by atoms with Crippen LogP contribution in [0, 0.1) is 10.1 Å². The van der Waals surface area contributed by atoms with E-state index in [1.54, 1.807) is 29.5 Å². The van der Waals surface area contributed by atoms with E-state index in [0.717, 1.165) is 13.0 Å². The number of nitro groups is 1. The summed E-state index contributed by atoms with van der Waals surface area (Å²) in [7, 11) is 0. The quantitative estimate of drug-likeness (QED) is 0.624. The fourth-order valence-corrected chi connectivity index (χ4v) is 3.52. The minimum Gasteiger partial charge on any atom is -0.361 e. The molecule has 0 bridgehead atoms. The summed E-state index contributed by atoms with van der Waals surface area (Å²) in [6.45, 7) is 1.49. The minimum atomic E-state index is -0.402. The topological polar surface area (TPSA) is 46.4 Å². The van der Waals surface area contributed by atoms with Crippen molar-refractivity contribution in [1.82, 2.24) is 0 Å². The molecule has 0 fully saturated rings. The lowest BCUT2D eigenvalue weighted by Gasteiger charge is -2.28. The van der Waals surface area contributed by atoms with E-state index >= 15 is 0 Å². The maximum atomic E-state index is 11.2. The summed E-state index contributed by atoms with van der Waals surface area (Å²) in [5.41, 5.74) is 1.86. The first kappa shape index (κ1) is 12.4. The molecule has 1 aromatic carbocycles. The van der Waals surface area contributed by atoms with Gasteiger partial charge in [-0.2, -0.15) is 0 Å². The molecule has 2 heterocycles. The molecule has 0 amide bonds. The molecule has 98 valence electrons. The highest BCUT2D eigenvalue weighted by molar-refractivity contribution is 7.10. The molecule has 0 saturated heterocycles. The van der Waals surface area contributed by atoms with Crippen LogP contribution in [0.5, 0.6) is 0 Å². The molecule has 1 aromatic heterocycles. The molecular formula is C13H11ClN2O2S. The van der Waals surface area contributed by atoms with Gasteiger partial charge in [0.15, 0.2) is 0 Å².